The molecule has 0 radical (unpaired) electrons. The lowest BCUT2D eigenvalue weighted by Crippen LogP contribution is -2.34. The molecule has 124 valence electrons. The summed E-state index contributed by atoms with van der Waals surface area (Å²) in [6.07, 6.45) is 2.17. The second-order valence-electron chi connectivity index (χ2n) is 5.58. The van der Waals surface area contributed by atoms with Crippen LogP contribution in [0.5, 0.6) is 0 Å². The Morgan fingerprint density at radius 1 is 1.04 bits per heavy atom. The minimum Gasteiger partial charge on any atom is -0.288 e. The number of hydrogen-bond acceptors (Lipinski definition) is 3. The average molecular weight is 406 g/mol. The summed E-state index contributed by atoms with van der Waals surface area (Å²) in [7, 11) is -3.74. The zero-order chi connectivity index (χ0) is 17.3. The molecule has 0 aromatic heterocycles. The monoisotopic (exact) mass is 405 g/mol. The van der Waals surface area contributed by atoms with Crippen molar-refractivity contribution in [3.8, 4) is 0 Å². The van der Waals surface area contributed by atoms with E-state index in [4.69, 9.17) is 0 Å². The van der Waals surface area contributed by atoms with Gasteiger partial charge in [-0.25, -0.2) is 8.42 Å². The van der Waals surface area contributed by atoms with Gasteiger partial charge in [0.25, 0.3) is 10.0 Å². The van der Waals surface area contributed by atoms with Gasteiger partial charge in [-0.2, -0.15) is 0 Å². The maximum atomic E-state index is 13.1. The first-order valence-corrected chi connectivity index (χ1v) is 9.73. The summed E-state index contributed by atoms with van der Waals surface area (Å²) in [5.74, 6) is -0.214. The number of rotatable bonds is 2. The van der Waals surface area contributed by atoms with E-state index in [0.717, 1.165) is 5.56 Å². The number of carbonyl (C=O) groups excluding carboxylic acids is 1. The second-order valence-corrected chi connectivity index (χ2v) is 8.29. The molecule has 1 aliphatic rings. The fourth-order valence-electron chi connectivity index (χ4n) is 2.62. The molecule has 0 saturated carbocycles. The highest BCUT2D eigenvalue weighted by Gasteiger charge is 2.29. The van der Waals surface area contributed by atoms with E-state index in [1.165, 1.54) is 4.31 Å². The third-order valence-corrected chi connectivity index (χ3v) is 6.41. The Morgan fingerprint density at radius 3 is 2.42 bits per heavy atom. The number of Topliss-reactive ketones (excluding diaryl/α,β-unsaturated/α-hetero) is 1. The minimum absolute atomic E-state index is 0.214. The van der Waals surface area contributed by atoms with Crippen LogP contribution >= 0.6 is 15.9 Å². The number of anilines is 1. The van der Waals surface area contributed by atoms with Crippen LogP contribution in [0.25, 0.3) is 0 Å². The Morgan fingerprint density at radius 2 is 1.71 bits per heavy atom. The first-order chi connectivity index (χ1) is 11.4. The molecule has 0 amide bonds. The number of para-hydroxylation sites is 1. The summed E-state index contributed by atoms with van der Waals surface area (Å²) in [5, 5.41) is 0. The van der Waals surface area contributed by atoms with Crippen molar-refractivity contribution in [1.82, 2.24) is 0 Å². The molecule has 3 rings (SSSR count). The zero-order valence-corrected chi connectivity index (χ0v) is 15.5. The largest absolute Gasteiger partial charge is 0.288 e. The van der Waals surface area contributed by atoms with E-state index in [9.17, 15) is 13.2 Å². The Labute approximate surface area is 150 Å². The van der Waals surface area contributed by atoms with Gasteiger partial charge in [-0.1, -0.05) is 35.9 Å². The van der Waals surface area contributed by atoms with Crippen LogP contribution in [0.15, 0.2) is 64.0 Å². The van der Waals surface area contributed by atoms with Gasteiger partial charge in [0.15, 0.2) is 0 Å². The Hall–Kier alpha value is -1.92. The number of nitrogens with zero attached hydrogens (tertiary/aromatic N) is 1. The van der Waals surface area contributed by atoms with Crippen molar-refractivity contribution in [1.29, 1.82) is 0 Å². The van der Waals surface area contributed by atoms with Crippen LogP contribution in [0, 0.1) is 6.92 Å². The van der Waals surface area contributed by atoms with E-state index >= 15 is 0 Å². The third-order valence-electron chi connectivity index (χ3n) is 3.90. The molecule has 4 nitrogen and oxygen atoms in total. The fourth-order valence-corrected chi connectivity index (χ4v) is 4.56. The maximum absolute atomic E-state index is 13.1. The fraction of sp³-hybridized carbons (Fsp3) is 0.167. The SMILES string of the molecule is Cc1ccc(S(=O)(=O)N2CC/C=C(\Br)C(=O)c3ccccc32)cc1. The van der Waals surface area contributed by atoms with Crippen LogP contribution in [-0.4, -0.2) is 20.7 Å². The second kappa shape index (κ2) is 6.53. The number of benzene rings is 2. The molecule has 1 aliphatic heterocycles. The first-order valence-electron chi connectivity index (χ1n) is 7.50. The third kappa shape index (κ3) is 3.03. The van der Waals surface area contributed by atoms with Crippen LogP contribution in [-0.2, 0) is 10.0 Å². The lowest BCUT2D eigenvalue weighted by atomic mass is 10.1. The molecule has 0 unspecified atom stereocenters. The highest BCUT2D eigenvalue weighted by atomic mass is 79.9. The van der Waals surface area contributed by atoms with Crippen molar-refractivity contribution >= 4 is 37.4 Å². The highest BCUT2D eigenvalue weighted by Crippen LogP contribution is 2.32. The number of allylic oxidation sites excluding steroid dienone is 1. The van der Waals surface area contributed by atoms with Gasteiger partial charge in [-0.15, -0.1) is 0 Å². The van der Waals surface area contributed by atoms with E-state index < -0.39 is 10.0 Å². The van der Waals surface area contributed by atoms with E-state index in [1.807, 2.05) is 6.92 Å². The molecule has 0 fully saturated rings. The van der Waals surface area contributed by atoms with Crippen molar-refractivity contribution in [2.45, 2.75) is 18.2 Å². The predicted octanol–water partition coefficient (Wildman–Crippen LogP) is 4.06. The summed E-state index contributed by atoms with van der Waals surface area (Å²) in [6, 6.07) is 13.5. The molecule has 0 spiro atoms. The normalized spacial score (nSPS) is 17.5. The molecular formula is C18H16BrNO3S. The number of aryl methyl sites for hydroxylation is 1. The molecule has 24 heavy (non-hydrogen) atoms. The maximum Gasteiger partial charge on any atom is 0.264 e. The smallest absolute Gasteiger partial charge is 0.264 e. The molecule has 0 saturated heterocycles. The van der Waals surface area contributed by atoms with Gasteiger partial charge in [0.2, 0.25) is 5.78 Å². The van der Waals surface area contributed by atoms with Gasteiger partial charge < -0.3 is 0 Å². The summed E-state index contributed by atoms with van der Waals surface area (Å²) < 4.78 is 28.0. The van der Waals surface area contributed by atoms with Gasteiger partial charge in [-0.3, -0.25) is 9.10 Å². The Kier molecular flexibility index (Phi) is 4.60. The zero-order valence-electron chi connectivity index (χ0n) is 13.1. The summed E-state index contributed by atoms with van der Waals surface area (Å²) >= 11 is 3.28. The number of carbonyl (C=O) groups is 1. The van der Waals surface area contributed by atoms with Gasteiger partial charge in [0.1, 0.15) is 0 Å². The van der Waals surface area contributed by atoms with E-state index in [-0.39, 0.29) is 17.2 Å². The lowest BCUT2D eigenvalue weighted by molar-refractivity contribution is 0.104. The lowest BCUT2D eigenvalue weighted by Gasteiger charge is -2.27. The van der Waals surface area contributed by atoms with E-state index in [2.05, 4.69) is 15.9 Å². The summed E-state index contributed by atoms with van der Waals surface area (Å²) in [4.78, 5) is 12.7. The van der Waals surface area contributed by atoms with E-state index in [0.29, 0.717) is 22.2 Å². The number of ketones is 1. The van der Waals surface area contributed by atoms with Crippen LogP contribution in [0.2, 0.25) is 0 Å². The van der Waals surface area contributed by atoms with Gasteiger partial charge in [-0.05, 0) is 53.5 Å². The first kappa shape index (κ1) is 16.9. The number of hydrogen-bond donors (Lipinski definition) is 0. The van der Waals surface area contributed by atoms with Crippen molar-refractivity contribution < 1.29 is 13.2 Å². The van der Waals surface area contributed by atoms with Crippen molar-refractivity contribution in [3.05, 3.63) is 70.2 Å². The molecule has 2 aromatic carbocycles. The van der Waals surface area contributed by atoms with Crippen molar-refractivity contribution in [2.75, 3.05) is 10.8 Å². The molecule has 2 aromatic rings. The highest BCUT2D eigenvalue weighted by molar-refractivity contribution is 9.12. The Bertz CT molecular complexity index is 918. The van der Waals surface area contributed by atoms with Gasteiger partial charge in [0, 0.05) is 12.1 Å². The van der Waals surface area contributed by atoms with Crippen LogP contribution in [0.4, 0.5) is 5.69 Å². The van der Waals surface area contributed by atoms with Crippen LogP contribution in [0.3, 0.4) is 0 Å². The van der Waals surface area contributed by atoms with Crippen molar-refractivity contribution in [3.63, 3.8) is 0 Å². The quantitative estimate of drug-likeness (QED) is 0.756. The summed E-state index contributed by atoms with van der Waals surface area (Å²) in [6.45, 7) is 2.18. The molecule has 6 heteroatoms. The number of fused-ring (bicyclic) bond motifs is 1. The molecule has 0 atom stereocenters. The number of sulfonamides is 1. The average Bonchev–Trinajstić information content (AvgIpc) is 2.57. The molecule has 1 heterocycles. The Balaban J connectivity index is 2.15. The predicted molar refractivity (Wildman–Crippen MR) is 98.1 cm³/mol. The van der Waals surface area contributed by atoms with Crippen molar-refractivity contribution in [2.24, 2.45) is 0 Å². The number of halogens is 1. The van der Waals surface area contributed by atoms with Gasteiger partial charge >= 0.3 is 0 Å². The summed E-state index contributed by atoms with van der Waals surface area (Å²) in [5.41, 5.74) is 1.77. The molecule has 0 bridgehead atoms. The van der Waals surface area contributed by atoms with Gasteiger partial charge in [0.05, 0.1) is 15.1 Å². The standard InChI is InChI=1S/C18H16BrNO3S/c1-13-8-10-14(11-9-13)24(22,23)20-12-4-6-16(19)18(21)15-5-2-3-7-17(15)20/h2-3,5-11H,4,12H2,1H3/b16-6-. The van der Waals surface area contributed by atoms with E-state index in [1.54, 1.807) is 54.6 Å². The molecular weight excluding hydrogens is 390 g/mol. The van der Waals surface area contributed by atoms with Crippen LogP contribution in [0.1, 0.15) is 22.3 Å². The topological polar surface area (TPSA) is 54.5 Å². The molecule has 0 N–H and O–H groups in total. The minimum atomic E-state index is -3.74. The van der Waals surface area contributed by atoms with Crippen LogP contribution < -0.4 is 4.31 Å². The molecule has 0 aliphatic carbocycles.